The van der Waals surface area contributed by atoms with Gasteiger partial charge in [0, 0.05) is 5.02 Å². The number of rotatable bonds is 1. The third-order valence-electron chi connectivity index (χ3n) is 2.45. The second-order valence-electron chi connectivity index (χ2n) is 3.18. The third kappa shape index (κ3) is 1.41. The molecule has 0 heterocycles. The van der Waals surface area contributed by atoms with Gasteiger partial charge in [0.25, 0.3) is 0 Å². The zero-order valence-corrected chi connectivity index (χ0v) is 7.14. The number of benzene rings is 1. The molecule has 11 heavy (non-hydrogen) atoms. The monoisotopic (exact) mass is 166 g/mol. The Labute approximate surface area is 72.2 Å². The van der Waals surface area contributed by atoms with Gasteiger partial charge in [-0.1, -0.05) is 30.2 Å². The minimum Gasteiger partial charge on any atom is -0.0843 e. The molecule has 1 aliphatic rings. The number of halogens is 1. The van der Waals surface area contributed by atoms with Crippen LogP contribution in [0.25, 0.3) is 0 Å². The van der Waals surface area contributed by atoms with Crippen LogP contribution in [-0.2, 0) is 0 Å². The molecule has 0 aliphatic heterocycles. The summed E-state index contributed by atoms with van der Waals surface area (Å²) in [5, 5.41) is 0.841. The summed E-state index contributed by atoms with van der Waals surface area (Å²) in [6, 6.07) is 8.25. The molecule has 0 N–H and O–H groups in total. The van der Waals surface area contributed by atoms with Crippen LogP contribution >= 0.6 is 11.6 Å². The Morgan fingerprint density at radius 3 is 2.18 bits per heavy atom. The maximum atomic E-state index is 5.78. The highest BCUT2D eigenvalue weighted by Gasteiger charge is 2.18. The van der Waals surface area contributed by atoms with Crippen LogP contribution in [0.1, 0.15) is 30.7 Å². The van der Waals surface area contributed by atoms with Crippen molar-refractivity contribution >= 4 is 11.6 Å². The Morgan fingerprint density at radius 2 is 1.73 bits per heavy atom. The van der Waals surface area contributed by atoms with Gasteiger partial charge < -0.3 is 0 Å². The third-order valence-corrected chi connectivity index (χ3v) is 2.70. The first-order valence-corrected chi connectivity index (χ1v) is 4.49. The summed E-state index contributed by atoms with van der Waals surface area (Å²) in [6.07, 6.45) is 4.12. The normalized spacial score (nSPS) is 17.9. The Balaban J connectivity index is 2.18. The Kier molecular flexibility index (Phi) is 1.87. The van der Waals surface area contributed by atoms with Crippen LogP contribution in [-0.4, -0.2) is 0 Å². The highest BCUT2D eigenvalue weighted by atomic mass is 35.5. The van der Waals surface area contributed by atoms with E-state index in [1.54, 1.807) is 0 Å². The van der Waals surface area contributed by atoms with Gasteiger partial charge in [-0.05, 0) is 36.5 Å². The summed E-state index contributed by atoms with van der Waals surface area (Å²) in [5.41, 5.74) is 1.46. The molecule has 1 aromatic rings. The summed E-state index contributed by atoms with van der Waals surface area (Å²) < 4.78 is 0. The minimum atomic E-state index is 0.826. The van der Waals surface area contributed by atoms with Crippen LogP contribution < -0.4 is 0 Å². The lowest BCUT2D eigenvalue weighted by Crippen LogP contribution is -2.07. The Hall–Kier alpha value is -0.490. The van der Waals surface area contributed by atoms with Gasteiger partial charge in [0.15, 0.2) is 0 Å². The predicted octanol–water partition coefficient (Wildman–Crippen LogP) is 3.61. The van der Waals surface area contributed by atoms with Crippen LogP contribution in [0, 0.1) is 0 Å². The van der Waals surface area contributed by atoms with Crippen LogP contribution in [0.3, 0.4) is 0 Å². The summed E-state index contributed by atoms with van der Waals surface area (Å²) >= 11 is 5.78. The molecule has 0 radical (unpaired) electrons. The van der Waals surface area contributed by atoms with Gasteiger partial charge in [-0.25, -0.2) is 0 Å². The molecular formula is C10H11Cl. The molecule has 0 spiro atoms. The molecule has 0 amide bonds. The van der Waals surface area contributed by atoms with Crippen molar-refractivity contribution in [1.82, 2.24) is 0 Å². The van der Waals surface area contributed by atoms with E-state index in [1.807, 2.05) is 12.1 Å². The van der Waals surface area contributed by atoms with E-state index in [0.29, 0.717) is 0 Å². The van der Waals surface area contributed by atoms with E-state index in [1.165, 1.54) is 24.8 Å². The van der Waals surface area contributed by atoms with E-state index < -0.39 is 0 Å². The maximum absolute atomic E-state index is 5.78. The molecule has 1 saturated carbocycles. The zero-order chi connectivity index (χ0) is 7.68. The molecule has 1 fully saturated rings. The first kappa shape index (κ1) is 7.17. The molecule has 1 aromatic carbocycles. The molecule has 0 nitrogen and oxygen atoms in total. The van der Waals surface area contributed by atoms with Crippen molar-refractivity contribution in [2.24, 2.45) is 0 Å². The SMILES string of the molecule is Clc1ccc(C2CCC2)cc1. The van der Waals surface area contributed by atoms with E-state index >= 15 is 0 Å². The van der Waals surface area contributed by atoms with E-state index in [-0.39, 0.29) is 0 Å². The predicted molar refractivity (Wildman–Crippen MR) is 48.0 cm³/mol. The highest BCUT2D eigenvalue weighted by molar-refractivity contribution is 6.30. The van der Waals surface area contributed by atoms with E-state index in [4.69, 9.17) is 11.6 Å². The molecule has 0 bridgehead atoms. The van der Waals surface area contributed by atoms with E-state index in [2.05, 4.69) is 12.1 Å². The molecule has 0 atom stereocenters. The summed E-state index contributed by atoms with van der Waals surface area (Å²) in [6.45, 7) is 0. The quantitative estimate of drug-likeness (QED) is 0.598. The lowest BCUT2D eigenvalue weighted by molar-refractivity contribution is 0.420. The van der Waals surface area contributed by atoms with Crippen LogP contribution in [0.4, 0.5) is 0 Å². The Morgan fingerprint density at radius 1 is 1.09 bits per heavy atom. The molecule has 0 saturated heterocycles. The molecule has 2 rings (SSSR count). The van der Waals surface area contributed by atoms with Gasteiger partial charge in [0.1, 0.15) is 0 Å². The second-order valence-corrected chi connectivity index (χ2v) is 3.62. The van der Waals surface area contributed by atoms with Gasteiger partial charge in [-0.3, -0.25) is 0 Å². The topological polar surface area (TPSA) is 0 Å². The molecular weight excluding hydrogens is 156 g/mol. The first-order chi connectivity index (χ1) is 5.36. The van der Waals surface area contributed by atoms with Crippen LogP contribution in [0.5, 0.6) is 0 Å². The Bertz CT molecular complexity index is 234. The summed E-state index contributed by atoms with van der Waals surface area (Å²) in [4.78, 5) is 0. The first-order valence-electron chi connectivity index (χ1n) is 4.12. The fourth-order valence-corrected chi connectivity index (χ4v) is 1.60. The van der Waals surface area contributed by atoms with Gasteiger partial charge in [0.2, 0.25) is 0 Å². The standard InChI is InChI=1S/C10H11Cl/c11-10-6-4-9(5-7-10)8-2-1-3-8/h4-8H,1-3H2. The van der Waals surface area contributed by atoms with Crippen molar-refractivity contribution in [3.63, 3.8) is 0 Å². The average molecular weight is 167 g/mol. The maximum Gasteiger partial charge on any atom is 0.0406 e. The molecule has 1 aliphatic carbocycles. The fraction of sp³-hybridized carbons (Fsp3) is 0.400. The van der Waals surface area contributed by atoms with Crippen molar-refractivity contribution in [3.05, 3.63) is 34.9 Å². The van der Waals surface area contributed by atoms with Crippen LogP contribution in [0.15, 0.2) is 24.3 Å². The summed E-state index contributed by atoms with van der Waals surface area (Å²) in [5.74, 6) is 0.826. The van der Waals surface area contributed by atoms with Gasteiger partial charge >= 0.3 is 0 Å². The van der Waals surface area contributed by atoms with E-state index in [9.17, 15) is 0 Å². The van der Waals surface area contributed by atoms with Gasteiger partial charge in [-0.15, -0.1) is 0 Å². The molecule has 1 heteroatoms. The van der Waals surface area contributed by atoms with Crippen molar-refractivity contribution in [1.29, 1.82) is 0 Å². The van der Waals surface area contributed by atoms with Crippen molar-refractivity contribution in [2.45, 2.75) is 25.2 Å². The van der Waals surface area contributed by atoms with Crippen molar-refractivity contribution in [3.8, 4) is 0 Å². The average Bonchev–Trinajstić information content (AvgIpc) is 1.90. The van der Waals surface area contributed by atoms with Crippen molar-refractivity contribution in [2.75, 3.05) is 0 Å². The number of hydrogen-bond acceptors (Lipinski definition) is 0. The number of hydrogen-bond donors (Lipinski definition) is 0. The van der Waals surface area contributed by atoms with Gasteiger partial charge in [0.05, 0.1) is 0 Å². The molecule has 58 valence electrons. The molecule has 0 aromatic heterocycles. The smallest absolute Gasteiger partial charge is 0.0406 e. The minimum absolute atomic E-state index is 0.826. The van der Waals surface area contributed by atoms with E-state index in [0.717, 1.165) is 10.9 Å². The lowest BCUT2D eigenvalue weighted by Gasteiger charge is -2.25. The van der Waals surface area contributed by atoms with Crippen LogP contribution in [0.2, 0.25) is 5.02 Å². The molecule has 0 unspecified atom stereocenters. The van der Waals surface area contributed by atoms with Crippen molar-refractivity contribution < 1.29 is 0 Å². The zero-order valence-electron chi connectivity index (χ0n) is 6.39. The largest absolute Gasteiger partial charge is 0.0843 e. The van der Waals surface area contributed by atoms with Gasteiger partial charge in [-0.2, -0.15) is 0 Å². The lowest BCUT2D eigenvalue weighted by atomic mass is 9.80. The fourth-order valence-electron chi connectivity index (χ4n) is 1.48. The summed E-state index contributed by atoms with van der Waals surface area (Å²) in [7, 11) is 0. The second kappa shape index (κ2) is 2.86. The highest BCUT2D eigenvalue weighted by Crippen LogP contribution is 2.36.